The first kappa shape index (κ1) is 13.7. The third-order valence-electron chi connectivity index (χ3n) is 3.62. The lowest BCUT2D eigenvalue weighted by Gasteiger charge is -2.20. The van der Waals surface area contributed by atoms with Crippen LogP contribution in [-0.2, 0) is 5.54 Å². The zero-order chi connectivity index (χ0) is 15.3. The van der Waals surface area contributed by atoms with Crippen LogP contribution in [0.1, 0.15) is 12.8 Å². The molecule has 1 aliphatic rings. The highest BCUT2D eigenvalue weighted by atomic mass is 19.4. The van der Waals surface area contributed by atoms with Crippen molar-refractivity contribution in [3.05, 3.63) is 18.2 Å². The van der Waals surface area contributed by atoms with Crippen LogP contribution in [0.5, 0.6) is 5.75 Å². The molecular formula is C12H12F3N5O. The van der Waals surface area contributed by atoms with Gasteiger partial charge in [0.25, 0.3) is 0 Å². The standard InChI is InChI=1S/C12H12F3N5O/c1-21-9-6-7(2-3-8(9)16)10-17-18-19-20(10)11(4-5-11)12(13,14)15/h2-3,6H,4-5,16H2,1H3. The molecule has 1 aromatic heterocycles. The predicted molar refractivity (Wildman–Crippen MR) is 67.5 cm³/mol. The summed E-state index contributed by atoms with van der Waals surface area (Å²) < 4.78 is 45.5. The number of ether oxygens (including phenoxy) is 1. The molecule has 0 saturated heterocycles. The molecule has 0 spiro atoms. The number of aromatic nitrogens is 4. The van der Waals surface area contributed by atoms with Gasteiger partial charge >= 0.3 is 6.18 Å². The summed E-state index contributed by atoms with van der Waals surface area (Å²) in [4.78, 5) is 0. The second kappa shape index (κ2) is 4.34. The fraction of sp³-hybridized carbons (Fsp3) is 0.417. The van der Waals surface area contributed by atoms with Gasteiger partial charge in [-0.1, -0.05) is 0 Å². The van der Waals surface area contributed by atoms with Gasteiger partial charge < -0.3 is 10.5 Å². The van der Waals surface area contributed by atoms with Crippen LogP contribution in [0.4, 0.5) is 18.9 Å². The molecule has 1 aliphatic carbocycles. The van der Waals surface area contributed by atoms with Crippen LogP contribution in [0, 0.1) is 0 Å². The summed E-state index contributed by atoms with van der Waals surface area (Å²) in [5.41, 5.74) is 4.50. The Bertz CT molecular complexity index is 678. The summed E-state index contributed by atoms with van der Waals surface area (Å²) in [5, 5.41) is 10.6. The summed E-state index contributed by atoms with van der Waals surface area (Å²) in [6.45, 7) is 0. The van der Waals surface area contributed by atoms with E-state index in [0.717, 1.165) is 4.68 Å². The minimum absolute atomic E-state index is 0.0271. The molecule has 0 atom stereocenters. The van der Waals surface area contributed by atoms with E-state index in [1.54, 1.807) is 12.1 Å². The van der Waals surface area contributed by atoms with E-state index in [1.165, 1.54) is 13.2 Å². The van der Waals surface area contributed by atoms with Gasteiger partial charge in [-0.3, -0.25) is 0 Å². The Morgan fingerprint density at radius 3 is 2.62 bits per heavy atom. The second-order valence-electron chi connectivity index (χ2n) is 4.90. The second-order valence-corrected chi connectivity index (χ2v) is 4.90. The van der Waals surface area contributed by atoms with Crippen molar-refractivity contribution in [2.24, 2.45) is 0 Å². The lowest BCUT2D eigenvalue weighted by Crippen LogP contribution is -2.36. The van der Waals surface area contributed by atoms with Gasteiger partial charge in [0.2, 0.25) is 0 Å². The molecule has 6 nitrogen and oxygen atoms in total. The fourth-order valence-corrected chi connectivity index (χ4v) is 2.24. The molecule has 21 heavy (non-hydrogen) atoms. The average molecular weight is 299 g/mol. The monoisotopic (exact) mass is 299 g/mol. The number of benzene rings is 1. The van der Waals surface area contributed by atoms with Crippen molar-refractivity contribution in [2.45, 2.75) is 24.6 Å². The largest absolute Gasteiger partial charge is 0.495 e. The zero-order valence-corrected chi connectivity index (χ0v) is 11.1. The van der Waals surface area contributed by atoms with Gasteiger partial charge in [0, 0.05) is 5.56 Å². The van der Waals surface area contributed by atoms with E-state index in [4.69, 9.17) is 10.5 Å². The predicted octanol–water partition coefficient (Wildman–Crippen LogP) is 1.98. The molecule has 0 aliphatic heterocycles. The van der Waals surface area contributed by atoms with Crippen molar-refractivity contribution in [2.75, 3.05) is 12.8 Å². The first-order valence-corrected chi connectivity index (χ1v) is 6.18. The number of nitrogen functional groups attached to an aromatic ring is 1. The molecule has 112 valence electrons. The van der Waals surface area contributed by atoms with E-state index >= 15 is 0 Å². The topological polar surface area (TPSA) is 78.9 Å². The number of tetrazole rings is 1. The molecule has 0 radical (unpaired) electrons. The highest BCUT2D eigenvalue weighted by Gasteiger charge is 2.66. The van der Waals surface area contributed by atoms with Crippen molar-refractivity contribution in [3.63, 3.8) is 0 Å². The third-order valence-corrected chi connectivity index (χ3v) is 3.62. The summed E-state index contributed by atoms with van der Waals surface area (Å²) >= 11 is 0. The number of methoxy groups -OCH3 is 1. The molecular weight excluding hydrogens is 287 g/mol. The maximum atomic E-state index is 13.2. The smallest absolute Gasteiger partial charge is 0.413 e. The number of hydrogen-bond donors (Lipinski definition) is 1. The van der Waals surface area contributed by atoms with E-state index in [1.807, 2.05) is 0 Å². The summed E-state index contributed by atoms with van der Waals surface area (Å²) in [7, 11) is 1.43. The Morgan fingerprint density at radius 1 is 1.33 bits per heavy atom. The SMILES string of the molecule is COc1cc(-c2nnnn2C2(C(F)(F)F)CC2)ccc1N. The van der Waals surface area contributed by atoms with Gasteiger partial charge in [-0.2, -0.15) is 13.2 Å². The molecule has 9 heteroatoms. The lowest BCUT2D eigenvalue weighted by molar-refractivity contribution is -0.182. The van der Waals surface area contributed by atoms with Crippen LogP contribution < -0.4 is 10.5 Å². The average Bonchev–Trinajstić information content (AvgIpc) is 3.11. The third kappa shape index (κ3) is 1.99. The van der Waals surface area contributed by atoms with Crippen LogP contribution >= 0.6 is 0 Å². The Kier molecular flexibility index (Phi) is 2.82. The lowest BCUT2D eigenvalue weighted by atomic mass is 10.1. The van der Waals surface area contributed by atoms with Crippen LogP contribution in [-0.4, -0.2) is 33.5 Å². The number of hydrogen-bond acceptors (Lipinski definition) is 5. The number of anilines is 1. The molecule has 1 heterocycles. The highest BCUT2D eigenvalue weighted by Crippen LogP contribution is 2.55. The van der Waals surface area contributed by atoms with Crippen molar-refractivity contribution in [3.8, 4) is 17.1 Å². The Labute approximate surface area is 117 Å². The molecule has 1 aromatic carbocycles. The van der Waals surface area contributed by atoms with Gasteiger partial charge in [-0.05, 0) is 41.5 Å². The summed E-state index contributed by atoms with van der Waals surface area (Å²) in [6, 6.07) is 4.62. The minimum Gasteiger partial charge on any atom is -0.495 e. The van der Waals surface area contributed by atoms with Crippen molar-refractivity contribution in [1.29, 1.82) is 0 Å². The van der Waals surface area contributed by atoms with E-state index in [0.29, 0.717) is 17.0 Å². The zero-order valence-electron chi connectivity index (χ0n) is 11.1. The van der Waals surface area contributed by atoms with E-state index < -0.39 is 11.7 Å². The number of halogens is 3. The molecule has 3 rings (SSSR count). The first-order chi connectivity index (χ1) is 9.89. The van der Waals surface area contributed by atoms with Gasteiger partial charge in [-0.15, -0.1) is 5.10 Å². The number of nitrogens with zero attached hydrogens (tertiary/aromatic N) is 4. The van der Waals surface area contributed by atoms with Crippen molar-refractivity contribution < 1.29 is 17.9 Å². The highest BCUT2D eigenvalue weighted by molar-refractivity contribution is 5.65. The molecule has 1 saturated carbocycles. The molecule has 0 bridgehead atoms. The summed E-state index contributed by atoms with van der Waals surface area (Å²) in [6.07, 6.45) is -4.45. The Balaban J connectivity index is 2.08. The molecule has 0 unspecified atom stereocenters. The molecule has 1 fully saturated rings. The van der Waals surface area contributed by atoms with Crippen molar-refractivity contribution in [1.82, 2.24) is 20.2 Å². The first-order valence-electron chi connectivity index (χ1n) is 6.18. The van der Waals surface area contributed by atoms with Crippen LogP contribution in [0.3, 0.4) is 0 Å². The molecule has 0 amide bonds. The van der Waals surface area contributed by atoms with E-state index in [2.05, 4.69) is 15.5 Å². The van der Waals surface area contributed by atoms with Gasteiger partial charge in [-0.25, -0.2) is 4.68 Å². The normalized spacial score (nSPS) is 16.8. The van der Waals surface area contributed by atoms with Gasteiger partial charge in [0.05, 0.1) is 12.8 Å². The van der Waals surface area contributed by atoms with Crippen molar-refractivity contribution >= 4 is 5.69 Å². The molecule has 2 aromatic rings. The number of nitrogens with two attached hydrogens (primary N) is 1. The Morgan fingerprint density at radius 2 is 2.05 bits per heavy atom. The van der Waals surface area contributed by atoms with E-state index in [-0.39, 0.29) is 18.7 Å². The van der Waals surface area contributed by atoms with E-state index in [9.17, 15) is 13.2 Å². The van der Waals surface area contributed by atoms with Gasteiger partial charge in [0.15, 0.2) is 11.4 Å². The van der Waals surface area contributed by atoms with Crippen LogP contribution in [0.2, 0.25) is 0 Å². The number of rotatable bonds is 3. The maximum Gasteiger partial charge on any atom is 0.413 e. The minimum atomic E-state index is -4.39. The fourth-order valence-electron chi connectivity index (χ4n) is 2.24. The maximum absolute atomic E-state index is 13.2. The quantitative estimate of drug-likeness (QED) is 0.877. The number of alkyl halides is 3. The van der Waals surface area contributed by atoms with Crippen LogP contribution in [0.15, 0.2) is 18.2 Å². The van der Waals surface area contributed by atoms with Crippen LogP contribution in [0.25, 0.3) is 11.4 Å². The summed E-state index contributed by atoms with van der Waals surface area (Å²) in [5.74, 6) is 0.405. The van der Waals surface area contributed by atoms with Gasteiger partial charge in [0.1, 0.15) is 5.75 Å². The molecule has 2 N–H and O–H groups in total. The Hall–Kier alpha value is -2.32.